The molecule has 1 unspecified atom stereocenters. The van der Waals surface area contributed by atoms with Crippen LogP contribution in [-0.2, 0) is 16.6 Å². The Kier molecular flexibility index (Phi) is 7.17. The SMILES string of the molecule is CCC(C)[C@@H](CNCc1ccccc1)NS(=O)(=O)c1ccc(C)cc1. The van der Waals surface area contributed by atoms with E-state index in [0.717, 1.165) is 18.5 Å². The molecule has 0 fully saturated rings. The van der Waals surface area contributed by atoms with E-state index in [9.17, 15) is 8.42 Å². The van der Waals surface area contributed by atoms with Crippen LogP contribution >= 0.6 is 0 Å². The zero-order valence-corrected chi connectivity index (χ0v) is 16.0. The Morgan fingerprint density at radius 3 is 2.24 bits per heavy atom. The Morgan fingerprint density at radius 1 is 1.00 bits per heavy atom. The van der Waals surface area contributed by atoms with E-state index in [1.165, 1.54) is 5.56 Å². The summed E-state index contributed by atoms with van der Waals surface area (Å²) in [4.78, 5) is 0.314. The maximum atomic E-state index is 12.7. The lowest BCUT2D eigenvalue weighted by atomic mass is 10.00. The highest BCUT2D eigenvalue weighted by Gasteiger charge is 2.23. The molecule has 0 amide bonds. The molecule has 5 heteroatoms. The smallest absolute Gasteiger partial charge is 0.240 e. The molecule has 2 N–H and O–H groups in total. The summed E-state index contributed by atoms with van der Waals surface area (Å²) in [5.74, 6) is 0.239. The highest BCUT2D eigenvalue weighted by molar-refractivity contribution is 7.89. The first-order valence-electron chi connectivity index (χ1n) is 8.76. The van der Waals surface area contributed by atoms with Crippen LogP contribution in [0.15, 0.2) is 59.5 Å². The predicted octanol–water partition coefficient (Wildman–Crippen LogP) is 3.48. The lowest BCUT2D eigenvalue weighted by Gasteiger charge is -2.24. The third kappa shape index (κ3) is 5.96. The summed E-state index contributed by atoms with van der Waals surface area (Å²) in [6.45, 7) is 7.41. The van der Waals surface area contributed by atoms with Crippen LogP contribution in [0.3, 0.4) is 0 Å². The van der Waals surface area contributed by atoms with Crippen molar-refractivity contribution in [3.63, 3.8) is 0 Å². The quantitative estimate of drug-likeness (QED) is 0.720. The zero-order valence-electron chi connectivity index (χ0n) is 15.2. The van der Waals surface area contributed by atoms with E-state index in [0.29, 0.717) is 11.4 Å². The normalized spacial score (nSPS) is 14.2. The number of aryl methyl sites for hydroxylation is 1. The van der Waals surface area contributed by atoms with E-state index >= 15 is 0 Å². The van der Waals surface area contributed by atoms with Gasteiger partial charge in [-0.25, -0.2) is 13.1 Å². The van der Waals surface area contributed by atoms with Gasteiger partial charge < -0.3 is 5.32 Å². The van der Waals surface area contributed by atoms with Gasteiger partial charge in [0.25, 0.3) is 0 Å². The van der Waals surface area contributed by atoms with Gasteiger partial charge >= 0.3 is 0 Å². The van der Waals surface area contributed by atoms with E-state index in [1.54, 1.807) is 12.1 Å². The number of sulfonamides is 1. The van der Waals surface area contributed by atoms with Crippen molar-refractivity contribution in [3.05, 3.63) is 65.7 Å². The third-order valence-electron chi connectivity index (χ3n) is 4.50. The van der Waals surface area contributed by atoms with Gasteiger partial charge in [0.2, 0.25) is 10.0 Å². The Balaban J connectivity index is 2.02. The second kappa shape index (κ2) is 9.13. The van der Waals surface area contributed by atoms with Gasteiger partial charge in [0.15, 0.2) is 0 Å². The van der Waals surface area contributed by atoms with Crippen molar-refractivity contribution >= 4 is 10.0 Å². The molecule has 2 atom stereocenters. The van der Waals surface area contributed by atoms with Crippen LogP contribution in [0.2, 0.25) is 0 Å². The minimum absolute atomic E-state index is 0.153. The molecule has 136 valence electrons. The Hall–Kier alpha value is -1.69. The fourth-order valence-electron chi connectivity index (χ4n) is 2.60. The van der Waals surface area contributed by atoms with Crippen molar-refractivity contribution in [1.29, 1.82) is 0 Å². The van der Waals surface area contributed by atoms with Gasteiger partial charge in [-0.1, -0.05) is 68.3 Å². The van der Waals surface area contributed by atoms with Gasteiger partial charge in [-0.3, -0.25) is 0 Å². The van der Waals surface area contributed by atoms with Crippen molar-refractivity contribution in [2.75, 3.05) is 6.54 Å². The first-order chi connectivity index (χ1) is 11.9. The van der Waals surface area contributed by atoms with Gasteiger partial charge in [0, 0.05) is 19.1 Å². The summed E-state index contributed by atoms with van der Waals surface area (Å²) in [6, 6.07) is 16.9. The Labute approximate surface area is 151 Å². The minimum atomic E-state index is -3.52. The van der Waals surface area contributed by atoms with Crippen molar-refractivity contribution in [3.8, 4) is 0 Å². The Bertz CT molecular complexity index is 743. The van der Waals surface area contributed by atoms with Crippen LogP contribution in [0, 0.1) is 12.8 Å². The molecule has 0 radical (unpaired) electrons. The molecular weight excluding hydrogens is 332 g/mol. The summed E-state index contributed by atoms with van der Waals surface area (Å²) in [6.07, 6.45) is 0.911. The number of benzene rings is 2. The number of hydrogen-bond donors (Lipinski definition) is 2. The third-order valence-corrected chi connectivity index (χ3v) is 6.01. The van der Waals surface area contributed by atoms with Gasteiger partial charge in [-0.05, 0) is 30.5 Å². The van der Waals surface area contributed by atoms with Crippen molar-refractivity contribution in [1.82, 2.24) is 10.0 Å². The second-order valence-electron chi connectivity index (χ2n) is 6.54. The van der Waals surface area contributed by atoms with Crippen LogP contribution in [0.5, 0.6) is 0 Å². The second-order valence-corrected chi connectivity index (χ2v) is 8.26. The first kappa shape index (κ1) is 19.6. The highest BCUT2D eigenvalue weighted by Crippen LogP contribution is 2.14. The standard InChI is InChI=1S/C20H28N2O2S/c1-4-17(3)20(15-21-14-18-8-6-5-7-9-18)22-25(23,24)19-12-10-16(2)11-13-19/h5-13,17,20-22H,4,14-15H2,1-3H3/t17?,20-/m1/s1. The fraction of sp³-hybridized carbons (Fsp3) is 0.400. The topological polar surface area (TPSA) is 58.2 Å². The van der Waals surface area contributed by atoms with Crippen molar-refractivity contribution in [2.45, 2.75) is 44.7 Å². The summed E-state index contributed by atoms with van der Waals surface area (Å²) < 4.78 is 28.2. The van der Waals surface area contributed by atoms with Gasteiger partial charge in [0.05, 0.1) is 4.90 Å². The molecule has 2 aromatic rings. The van der Waals surface area contributed by atoms with Crippen LogP contribution in [0.25, 0.3) is 0 Å². The number of hydrogen-bond acceptors (Lipinski definition) is 3. The van der Waals surface area contributed by atoms with E-state index in [2.05, 4.69) is 36.0 Å². The molecule has 0 heterocycles. The molecule has 2 aromatic carbocycles. The summed E-state index contributed by atoms with van der Waals surface area (Å²) in [5, 5.41) is 3.37. The summed E-state index contributed by atoms with van der Waals surface area (Å²) in [5.41, 5.74) is 2.23. The minimum Gasteiger partial charge on any atom is -0.311 e. The van der Waals surface area contributed by atoms with E-state index in [-0.39, 0.29) is 12.0 Å². The molecule has 0 aliphatic carbocycles. The largest absolute Gasteiger partial charge is 0.311 e. The lowest BCUT2D eigenvalue weighted by molar-refractivity contribution is 0.389. The number of nitrogens with one attached hydrogen (secondary N) is 2. The van der Waals surface area contributed by atoms with Crippen molar-refractivity contribution < 1.29 is 8.42 Å². The van der Waals surface area contributed by atoms with Gasteiger partial charge in [-0.2, -0.15) is 0 Å². The van der Waals surface area contributed by atoms with Crippen molar-refractivity contribution in [2.24, 2.45) is 5.92 Å². The van der Waals surface area contributed by atoms with Crippen LogP contribution < -0.4 is 10.0 Å². The maximum absolute atomic E-state index is 12.7. The molecule has 0 aliphatic rings. The average molecular weight is 361 g/mol. The molecule has 0 aliphatic heterocycles. The van der Waals surface area contributed by atoms with Gasteiger partial charge in [0.1, 0.15) is 0 Å². The molecule has 0 spiro atoms. The summed E-state index contributed by atoms with van der Waals surface area (Å²) >= 11 is 0. The van der Waals surface area contributed by atoms with Crippen LogP contribution in [0.4, 0.5) is 0 Å². The lowest BCUT2D eigenvalue weighted by Crippen LogP contribution is -2.45. The first-order valence-corrected chi connectivity index (χ1v) is 10.2. The van der Waals surface area contributed by atoms with E-state index in [1.807, 2.05) is 37.3 Å². The molecule has 0 saturated carbocycles. The molecule has 25 heavy (non-hydrogen) atoms. The molecule has 0 bridgehead atoms. The van der Waals surface area contributed by atoms with Crippen LogP contribution in [0.1, 0.15) is 31.4 Å². The zero-order chi connectivity index (χ0) is 18.3. The van der Waals surface area contributed by atoms with E-state index < -0.39 is 10.0 Å². The van der Waals surface area contributed by atoms with E-state index in [4.69, 9.17) is 0 Å². The average Bonchev–Trinajstić information content (AvgIpc) is 2.61. The molecule has 4 nitrogen and oxygen atoms in total. The monoisotopic (exact) mass is 360 g/mol. The maximum Gasteiger partial charge on any atom is 0.240 e. The van der Waals surface area contributed by atoms with Gasteiger partial charge in [-0.15, -0.1) is 0 Å². The predicted molar refractivity (Wildman–Crippen MR) is 103 cm³/mol. The summed E-state index contributed by atoms with van der Waals surface area (Å²) in [7, 11) is -3.52. The molecule has 0 saturated heterocycles. The molecule has 0 aromatic heterocycles. The highest BCUT2D eigenvalue weighted by atomic mass is 32.2. The molecular formula is C20H28N2O2S. The number of rotatable bonds is 9. The Morgan fingerprint density at radius 2 is 1.64 bits per heavy atom. The van der Waals surface area contributed by atoms with Crippen LogP contribution in [-0.4, -0.2) is 21.0 Å². The fourth-order valence-corrected chi connectivity index (χ4v) is 3.94. The molecule has 2 rings (SSSR count).